The van der Waals surface area contributed by atoms with Crippen LogP contribution in [-0.2, 0) is 19.6 Å². The highest BCUT2D eigenvalue weighted by molar-refractivity contribution is 7.89. The minimum absolute atomic E-state index is 0.109. The number of amides is 2. The molecule has 0 saturated heterocycles. The third-order valence-electron chi connectivity index (χ3n) is 3.28. The molecule has 0 aliphatic rings. The normalized spacial score (nSPS) is 12.9. The number of hydrogen-bond acceptors (Lipinski definition) is 4. The van der Waals surface area contributed by atoms with Crippen LogP contribution < -0.4 is 15.6 Å². The summed E-state index contributed by atoms with van der Waals surface area (Å²) in [5.41, 5.74) is 4.44. The highest BCUT2D eigenvalue weighted by Gasteiger charge is 2.30. The summed E-state index contributed by atoms with van der Waals surface area (Å²) in [5.74, 6) is -2.35. The molecule has 0 aromatic heterocycles. The highest BCUT2D eigenvalue weighted by Crippen LogP contribution is 2.15. The first-order valence-corrected chi connectivity index (χ1v) is 9.38. The summed E-state index contributed by atoms with van der Waals surface area (Å²) >= 11 is 0. The van der Waals surface area contributed by atoms with Crippen LogP contribution in [0, 0.1) is 17.7 Å². The summed E-state index contributed by atoms with van der Waals surface area (Å²) in [4.78, 5) is 23.3. The van der Waals surface area contributed by atoms with E-state index in [2.05, 4.69) is 15.6 Å². The summed E-state index contributed by atoms with van der Waals surface area (Å²) in [5, 5.41) is 0. The molecule has 0 heterocycles. The zero-order valence-corrected chi connectivity index (χ0v) is 15.5. The number of hydrogen-bond donors (Lipinski definition) is 3. The summed E-state index contributed by atoms with van der Waals surface area (Å²) in [7, 11) is -4.24. The number of sulfonamides is 1. The Balaban J connectivity index is 2.85. The second-order valence-electron chi connectivity index (χ2n) is 6.41. The first kappa shape index (κ1) is 21.0. The lowest BCUT2D eigenvalue weighted by atomic mass is 10.1. The van der Waals surface area contributed by atoms with Crippen LogP contribution in [0.3, 0.4) is 0 Å². The van der Waals surface area contributed by atoms with Gasteiger partial charge in [0.2, 0.25) is 15.9 Å². The second-order valence-corrected chi connectivity index (χ2v) is 8.09. The maximum Gasteiger partial charge on any atom is 0.256 e. The van der Waals surface area contributed by atoms with E-state index < -0.39 is 38.6 Å². The molecule has 3 N–H and O–H groups in total. The van der Waals surface area contributed by atoms with E-state index in [1.165, 1.54) is 12.1 Å². The van der Waals surface area contributed by atoms with Gasteiger partial charge in [-0.2, -0.15) is 4.72 Å². The van der Waals surface area contributed by atoms with Gasteiger partial charge in [0.1, 0.15) is 16.8 Å². The van der Waals surface area contributed by atoms with Gasteiger partial charge in [-0.3, -0.25) is 20.4 Å². The van der Waals surface area contributed by atoms with Crippen molar-refractivity contribution in [3.63, 3.8) is 0 Å². The molecule has 1 aromatic rings. The smallest absolute Gasteiger partial charge is 0.256 e. The lowest BCUT2D eigenvalue weighted by molar-refractivity contribution is -0.130. The number of rotatable bonds is 7. The largest absolute Gasteiger partial charge is 0.273 e. The van der Waals surface area contributed by atoms with E-state index in [0.29, 0.717) is 0 Å². The molecule has 1 rings (SSSR count). The maximum absolute atomic E-state index is 13.7. The van der Waals surface area contributed by atoms with E-state index in [1.807, 2.05) is 13.8 Å². The van der Waals surface area contributed by atoms with Crippen molar-refractivity contribution >= 4 is 21.8 Å². The molecule has 0 unspecified atom stereocenters. The molecule has 25 heavy (non-hydrogen) atoms. The van der Waals surface area contributed by atoms with Crippen molar-refractivity contribution in [2.24, 2.45) is 11.8 Å². The van der Waals surface area contributed by atoms with Crippen LogP contribution in [0.2, 0.25) is 0 Å². The van der Waals surface area contributed by atoms with Gasteiger partial charge in [-0.15, -0.1) is 0 Å². The zero-order chi connectivity index (χ0) is 19.2. The van der Waals surface area contributed by atoms with Crippen molar-refractivity contribution < 1.29 is 22.4 Å². The predicted molar refractivity (Wildman–Crippen MR) is 91.1 cm³/mol. The average molecular weight is 373 g/mol. The Labute approximate surface area is 147 Å². The van der Waals surface area contributed by atoms with Crippen LogP contribution in [0.4, 0.5) is 4.39 Å². The number of benzene rings is 1. The van der Waals surface area contributed by atoms with Crippen molar-refractivity contribution in [1.29, 1.82) is 0 Å². The van der Waals surface area contributed by atoms with Gasteiger partial charge in [0.15, 0.2) is 0 Å². The SMILES string of the molecule is CC(C)CC(=O)NNC(=O)[C@@H](NS(=O)(=O)c1ccccc1F)C(C)C. The van der Waals surface area contributed by atoms with Gasteiger partial charge >= 0.3 is 0 Å². The van der Waals surface area contributed by atoms with Crippen LogP contribution in [0.25, 0.3) is 0 Å². The molecule has 9 heteroatoms. The Morgan fingerprint density at radius 2 is 1.68 bits per heavy atom. The fraction of sp³-hybridized carbons (Fsp3) is 0.500. The van der Waals surface area contributed by atoms with E-state index in [4.69, 9.17) is 0 Å². The number of hydrazine groups is 1. The fourth-order valence-electron chi connectivity index (χ4n) is 2.02. The van der Waals surface area contributed by atoms with E-state index in [1.54, 1.807) is 13.8 Å². The van der Waals surface area contributed by atoms with Crippen LogP contribution in [-0.4, -0.2) is 26.3 Å². The van der Waals surface area contributed by atoms with Gasteiger partial charge < -0.3 is 0 Å². The second kappa shape index (κ2) is 8.91. The molecular formula is C16H24FN3O4S. The van der Waals surface area contributed by atoms with Gasteiger partial charge in [0.25, 0.3) is 5.91 Å². The molecule has 0 aliphatic heterocycles. The molecule has 1 atom stereocenters. The average Bonchev–Trinajstić information content (AvgIpc) is 2.49. The third kappa shape index (κ3) is 6.43. The van der Waals surface area contributed by atoms with Crippen LogP contribution in [0.15, 0.2) is 29.2 Å². The quantitative estimate of drug-likeness (QED) is 0.627. The molecule has 7 nitrogen and oxygen atoms in total. The molecule has 140 valence electrons. The molecular weight excluding hydrogens is 349 g/mol. The van der Waals surface area contributed by atoms with Crippen molar-refractivity contribution in [3.8, 4) is 0 Å². The van der Waals surface area contributed by atoms with Gasteiger partial charge in [-0.1, -0.05) is 39.8 Å². The molecule has 0 bridgehead atoms. The monoisotopic (exact) mass is 373 g/mol. The maximum atomic E-state index is 13.7. The molecule has 2 amide bonds. The standard InChI is InChI=1S/C16H24FN3O4S/c1-10(2)9-14(21)18-19-16(22)15(11(3)4)20-25(23,24)13-8-6-5-7-12(13)17/h5-8,10-11,15,20H,9H2,1-4H3,(H,18,21)(H,19,22)/t15-/m0/s1. The third-order valence-corrected chi connectivity index (χ3v) is 4.75. The van der Waals surface area contributed by atoms with Gasteiger partial charge in [-0.05, 0) is 24.0 Å². The number of nitrogens with one attached hydrogen (secondary N) is 3. The summed E-state index contributed by atoms with van der Waals surface area (Å²) in [6.45, 7) is 6.95. The molecule has 0 spiro atoms. The first-order chi connectivity index (χ1) is 11.5. The fourth-order valence-corrected chi connectivity index (χ4v) is 3.44. The Kier molecular flexibility index (Phi) is 7.50. The molecule has 0 radical (unpaired) electrons. The van der Waals surface area contributed by atoms with Crippen molar-refractivity contribution in [1.82, 2.24) is 15.6 Å². The van der Waals surface area contributed by atoms with E-state index in [-0.39, 0.29) is 18.2 Å². The summed E-state index contributed by atoms with van der Waals surface area (Å²) < 4.78 is 40.6. The molecule has 0 aliphatic carbocycles. The number of carbonyl (C=O) groups excluding carboxylic acids is 2. The number of halogens is 1. The topological polar surface area (TPSA) is 104 Å². The highest BCUT2D eigenvalue weighted by atomic mass is 32.2. The Morgan fingerprint density at radius 1 is 1.08 bits per heavy atom. The van der Waals surface area contributed by atoms with E-state index in [9.17, 15) is 22.4 Å². The first-order valence-electron chi connectivity index (χ1n) is 7.90. The van der Waals surface area contributed by atoms with Gasteiger partial charge in [0.05, 0.1) is 0 Å². The number of carbonyl (C=O) groups is 2. The van der Waals surface area contributed by atoms with Gasteiger partial charge in [-0.25, -0.2) is 12.8 Å². The lowest BCUT2D eigenvalue weighted by Gasteiger charge is -2.22. The van der Waals surface area contributed by atoms with Gasteiger partial charge in [0, 0.05) is 6.42 Å². The summed E-state index contributed by atoms with van der Waals surface area (Å²) in [6.07, 6.45) is 0.216. The van der Waals surface area contributed by atoms with Crippen LogP contribution >= 0.6 is 0 Å². The Morgan fingerprint density at radius 3 is 2.20 bits per heavy atom. The van der Waals surface area contributed by atoms with Crippen molar-refractivity contribution in [2.45, 2.75) is 45.1 Å². The van der Waals surface area contributed by atoms with E-state index >= 15 is 0 Å². The minimum Gasteiger partial charge on any atom is -0.273 e. The van der Waals surface area contributed by atoms with Crippen molar-refractivity contribution in [3.05, 3.63) is 30.1 Å². The minimum atomic E-state index is -4.24. The van der Waals surface area contributed by atoms with E-state index in [0.717, 1.165) is 12.1 Å². The summed E-state index contributed by atoms with van der Waals surface area (Å²) in [6, 6.07) is 3.70. The Bertz CT molecular complexity index is 720. The molecule has 0 saturated carbocycles. The lowest BCUT2D eigenvalue weighted by Crippen LogP contribution is -2.54. The molecule has 1 aromatic carbocycles. The Hall–Kier alpha value is -2.00. The zero-order valence-electron chi connectivity index (χ0n) is 14.7. The van der Waals surface area contributed by atoms with Crippen molar-refractivity contribution in [2.75, 3.05) is 0 Å². The predicted octanol–water partition coefficient (Wildman–Crippen LogP) is 1.32. The van der Waals surface area contributed by atoms with Crippen LogP contribution in [0.1, 0.15) is 34.1 Å². The molecule has 0 fully saturated rings. The van der Waals surface area contributed by atoms with Crippen LogP contribution in [0.5, 0.6) is 0 Å².